The third-order valence-corrected chi connectivity index (χ3v) is 3.62. The lowest BCUT2D eigenvalue weighted by Gasteiger charge is -2.20. The minimum absolute atomic E-state index is 0.279. The predicted octanol–water partition coefficient (Wildman–Crippen LogP) is 1.32. The molecular formula is C11H9ClN2O2. The average molecular weight is 237 g/mol. The lowest BCUT2D eigenvalue weighted by atomic mass is 9.92. The summed E-state index contributed by atoms with van der Waals surface area (Å²) in [6.45, 7) is 0. The SMILES string of the molecule is O=C1NC(=O)C2(CCc3c(Cl)cccc32)N1. The molecule has 0 aromatic heterocycles. The summed E-state index contributed by atoms with van der Waals surface area (Å²) in [5.74, 6) is -0.279. The number of nitrogens with one attached hydrogen (secondary N) is 2. The van der Waals surface area contributed by atoms with Crippen molar-refractivity contribution in [1.29, 1.82) is 0 Å². The van der Waals surface area contributed by atoms with Gasteiger partial charge in [0.25, 0.3) is 5.91 Å². The summed E-state index contributed by atoms with van der Waals surface area (Å²) in [4.78, 5) is 23.1. The minimum Gasteiger partial charge on any atom is -0.319 e. The van der Waals surface area contributed by atoms with E-state index in [1.165, 1.54) is 0 Å². The molecule has 1 spiro atoms. The van der Waals surface area contributed by atoms with Crippen LogP contribution >= 0.6 is 11.6 Å². The van der Waals surface area contributed by atoms with E-state index in [4.69, 9.17) is 11.6 Å². The smallest absolute Gasteiger partial charge is 0.319 e. The molecule has 0 saturated carbocycles. The molecular weight excluding hydrogens is 228 g/mol. The number of amides is 3. The number of fused-ring (bicyclic) bond motifs is 2. The predicted molar refractivity (Wildman–Crippen MR) is 58.1 cm³/mol. The van der Waals surface area contributed by atoms with Crippen LogP contribution in [0.4, 0.5) is 4.79 Å². The van der Waals surface area contributed by atoms with Gasteiger partial charge < -0.3 is 5.32 Å². The Morgan fingerprint density at radius 2 is 2.12 bits per heavy atom. The van der Waals surface area contributed by atoms with Gasteiger partial charge in [-0.25, -0.2) is 4.79 Å². The van der Waals surface area contributed by atoms with Gasteiger partial charge in [0.1, 0.15) is 5.54 Å². The van der Waals surface area contributed by atoms with E-state index in [1.54, 1.807) is 12.1 Å². The summed E-state index contributed by atoms with van der Waals surface area (Å²) in [6, 6.07) is 5.01. The Kier molecular flexibility index (Phi) is 1.80. The summed E-state index contributed by atoms with van der Waals surface area (Å²) in [5, 5.41) is 5.64. The van der Waals surface area contributed by atoms with Crippen molar-refractivity contribution in [3.05, 3.63) is 34.3 Å². The highest BCUT2D eigenvalue weighted by molar-refractivity contribution is 6.31. The number of halogens is 1. The number of imide groups is 1. The molecule has 82 valence electrons. The Hall–Kier alpha value is -1.55. The van der Waals surface area contributed by atoms with Gasteiger partial charge in [0.05, 0.1) is 0 Å². The van der Waals surface area contributed by atoms with Crippen molar-refractivity contribution in [1.82, 2.24) is 10.6 Å². The quantitative estimate of drug-likeness (QED) is 0.668. The lowest BCUT2D eigenvalue weighted by Crippen LogP contribution is -2.41. The van der Waals surface area contributed by atoms with Gasteiger partial charge in [0.15, 0.2) is 0 Å². The van der Waals surface area contributed by atoms with Gasteiger partial charge in [-0.2, -0.15) is 0 Å². The maximum atomic E-state index is 11.8. The van der Waals surface area contributed by atoms with Gasteiger partial charge in [-0.05, 0) is 30.0 Å². The van der Waals surface area contributed by atoms with E-state index in [1.807, 2.05) is 6.07 Å². The first-order chi connectivity index (χ1) is 7.63. The first-order valence-corrected chi connectivity index (χ1v) is 5.43. The minimum atomic E-state index is -0.892. The molecule has 1 fully saturated rings. The maximum Gasteiger partial charge on any atom is 0.322 e. The first kappa shape index (κ1) is 9.66. The highest BCUT2D eigenvalue weighted by Gasteiger charge is 2.51. The Morgan fingerprint density at radius 3 is 2.81 bits per heavy atom. The molecule has 0 bridgehead atoms. The van der Waals surface area contributed by atoms with Crippen molar-refractivity contribution < 1.29 is 9.59 Å². The Bertz CT molecular complexity index is 515. The maximum absolute atomic E-state index is 11.8. The van der Waals surface area contributed by atoms with E-state index in [-0.39, 0.29) is 5.91 Å². The molecule has 5 heteroatoms. The first-order valence-electron chi connectivity index (χ1n) is 5.05. The molecule has 1 unspecified atom stereocenters. The summed E-state index contributed by atoms with van der Waals surface area (Å²) in [5.41, 5.74) is 0.891. The second kappa shape index (κ2) is 2.98. The van der Waals surface area contributed by atoms with Crippen LogP contribution < -0.4 is 10.6 Å². The van der Waals surface area contributed by atoms with Gasteiger partial charge in [-0.1, -0.05) is 23.7 Å². The number of rotatable bonds is 0. The van der Waals surface area contributed by atoms with E-state index in [0.717, 1.165) is 11.1 Å². The van der Waals surface area contributed by atoms with E-state index in [9.17, 15) is 9.59 Å². The standard InChI is InChI=1S/C11H9ClN2O2/c12-8-3-1-2-7-6(8)4-5-11(7)9(15)13-10(16)14-11/h1-3H,4-5H2,(H2,13,14,15,16). The number of urea groups is 1. The largest absolute Gasteiger partial charge is 0.322 e. The van der Waals surface area contributed by atoms with Crippen LogP contribution in [0.1, 0.15) is 17.5 Å². The fourth-order valence-electron chi connectivity index (χ4n) is 2.52. The fourth-order valence-corrected chi connectivity index (χ4v) is 2.79. The van der Waals surface area contributed by atoms with Crippen LogP contribution in [0, 0.1) is 0 Å². The molecule has 1 heterocycles. The molecule has 1 aliphatic heterocycles. The second-order valence-corrected chi connectivity index (χ2v) is 4.49. The summed E-state index contributed by atoms with van der Waals surface area (Å²) in [7, 11) is 0. The van der Waals surface area contributed by atoms with Crippen molar-refractivity contribution in [2.75, 3.05) is 0 Å². The summed E-state index contributed by atoms with van der Waals surface area (Å²) < 4.78 is 0. The third kappa shape index (κ3) is 1.05. The van der Waals surface area contributed by atoms with E-state index >= 15 is 0 Å². The highest BCUT2D eigenvalue weighted by atomic mass is 35.5. The van der Waals surface area contributed by atoms with Crippen LogP contribution in [-0.4, -0.2) is 11.9 Å². The number of carbonyl (C=O) groups excluding carboxylic acids is 2. The number of hydrogen-bond donors (Lipinski definition) is 2. The van der Waals surface area contributed by atoms with Crippen molar-refractivity contribution in [3.63, 3.8) is 0 Å². The Morgan fingerprint density at radius 1 is 1.31 bits per heavy atom. The Labute approximate surface area is 97.0 Å². The number of carbonyl (C=O) groups is 2. The molecule has 1 saturated heterocycles. The molecule has 3 amide bonds. The van der Waals surface area contributed by atoms with E-state index < -0.39 is 11.6 Å². The normalized spacial score (nSPS) is 26.8. The van der Waals surface area contributed by atoms with Crippen LogP contribution in [-0.2, 0) is 16.8 Å². The summed E-state index contributed by atoms with van der Waals surface area (Å²) in [6.07, 6.45) is 1.28. The number of hydrogen-bond acceptors (Lipinski definition) is 2. The molecule has 1 aliphatic carbocycles. The fraction of sp³-hybridized carbons (Fsp3) is 0.273. The second-order valence-electron chi connectivity index (χ2n) is 4.08. The van der Waals surface area contributed by atoms with Gasteiger partial charge in [0, 0.05) is 5.02 Å². The van der Waals surface area contributed by atoms with Crippen LogP contribution in [0.25, 0.3) is 0 Å². The third-order valence-electron chi connectivity index (χ3n) is 3.27. The van der Waals surface area contributed by atoms with Gasteiger partial charge in [-0.15, -0.1) is 0 Å². The number of benzene rings is 1. The zero-order chi connectivity index (χ0) is 11.3. The lowest BCUT2D eigenvalue weighted by molar-refractivity contribution is -0.124. The zero-order valence-corrected chi connectivity index (χ0v) is 9.10. The highest BCUT2D eigenvalue weighted by Crippen LogP contribution is 2.41. The average Bonchev–Trinajstić information content (AvgIpc) is 2.72. The molecule has 2 aliphatic rings. The molecule has 3 rings (SSSR count). The van der Waals surface area contributed by atoms with Crippen molar-refractivity contribution in [2.45, 2.75) is 18.4 Å². The molecule has 1 aromatic rings. The van der Waals surface area contributed by atoms with Crippen molar-refractivity contribution in [2.24, 2.45) is 0 Å². The summed E-state index contributed by atoms with van der Waals surface area (Å²) >= 11 is 6.07. The molecule has 4 nitrogen and oxygen atoms in total. The van der Waals surface area contributed by atoms with E-state index in [2.05, 4.69) is 10.6 Å². The topological polar surface area (TPSA) is 58.2 Å². The monoisotopic (exact) mass is 236 g/mol. The van der Waals surface area contributed by atoms with Gasteiger partial charge in [-0.3, -0.25) is 10.1 Å². The van der Waals surface area contributed by atoms with Crippen molar-refractivity contribution >= 4 is 23.5 Å². The molecule has 2 N–H and O–H groups in total. The van der Waals surface area contributed by atoms with Crippen LogP contribution in [0.15, 0.2) is 18.2 Å². The molecule has 1 atom stereocenters. The van der Waals surface area contributed by atoms with Crippen LogP contribution in [0.5, 0.6) is 0 Å². The van der Waals surface area contributed by atoms with Gasteiger partial charge >= 0.3 is 6.03 Å². The van der Waals surface area contributed by atoms with Crippen molar-refractivity contribution in [3.8, 4) is 0 Å². The molecule has 1 aromatic carbocycles. The molecule has 16 heavy (non-hydrogen) atoms. The zero-order valence-electron chi connectivity index (χ0n) is 8.34. The van der Waals surface area contributed by atoms with E-state index in [0.29, 0.717) is 17.9 Å². The van der Waals surface area contributed by atoms with Gasteiger partial charge in [0.2, 0.25) is 0 Å². The Balaban J connectivity index is 2.19. The van der Waals surface area contributed by atoms with Crippen LogP contribution in [0.2, 0.25) is 5.02 Å². The molecule has 0 radical (unpaired) electrons. The van der Waals surface area contributed by atoms with Crippen LogP contribution in [0.3, 0.4) is 0 Å².